The summed E-state index contributed by atoms with van der Waals surface area (Å²) in [6.45, 7) is 0.651. The van der Waals surface area contributed by atoms with E-state index < -0.39 is 9.75 Å². The molecule has 3 nitrogen and oxygen atoms in total. The van der Waals surface area contributed by atoms with Gasteiger partial charge >= 0.3 is 5.97 Å². The number of carboxylic acids is 1. The second-order valence-corrected chi connectivity index (χ2v) is 7.14. The number of rotatable bonds is 7. The predicted octanol–water partition coefficient (Wildman–Crippen LogP) is 4.70. The Morgan fingerprint density at radius 2 is 1.95 bits per heavy atom. The van der Waals surface area contributed by atoms with Crippen LogP contribution in [-0.4, -0.2) is 21.5 Å². The molecular formula is C12H12BrCl3O3. The molecule has 0 fully saturated rings. The van der Waals surface area contributed by atoms with Crippen LogP contribution in [0.1, 0.15) is 18.4 Å². The topological polar surface area (TPSA) is 46.5 Å². The first-order valence-electron chi connectivity index (χ1n) is 5.46. The standard InChI is InChI=1S/C12H12BrCl3O3/c13-12(16,11(17)18)5-2-6-19-7-8-9(14)3-1-4-10(8)15/h1,3-4H,2,5-7H2,(H,17,18). The van der Waals surface area contributed by atoms with E-state index in [2.05, 4.69) is 15.9 Å². The van der Waals surface area contributed by atoms with Crippen LogP contribution < -0.4 is 0 Å². The van der Waals surface area contributed by atoms with Gasteiger partial charge in [0.2, 0.25) is 0 Å². The first kappa shape index (κ1) is 17.1. The molecule has 0 saturated carbocycles. The summed E-state index contributed by atoms with van der Waals surface area (Å²) in [7, 11) is 0. The van der Waals surface area contributed by atoms with Gasteiger partial charge in [0.25, 0.3) is 0 Å². The zero-order valence-corrected chi connectivity index (χ0v) is 13.7. The van der Waals surface area contributed by atoms with Gasteiger partial charge in [-0.2, -0.15) is 0 Å². The highest BCUT2D eigenvalue weighted by Crippen LogP contribution is 2.29. The van der Waals surface area contributed by atoms with Gasteiger partial charge in [-0.15, -0.1) is 0 Å². The van der Waals surface area contributed by atoms with E-state index in [0.717, 1.165) is 5.56 Å². The van der Waals surface area contributed by atoms with E-state index >= 15 is 0 Å². The second kappa shape index (κ2) is 7.70. The fraction of sp³-hybridized carbons (Fsp3) is 0.417. The number of carboxylic acid groups (broad SMARTS) is 1. The molecule has 1 atom stereocenters. The van der Waals surface area contributed by atoms with E-state index in [-0.39, 0.29) is 13.0 Å². The molecule has 0 aliphatic heterocycles. The minimum absolute atomic E-state index is 0.250. The first-order valence-corrected chi connectivity index (χ1v) is 7.39. The second-order valence-electron chi connectivity index (χ2n) is 3.87. The summed E-state index contributed by atoms with van der Waals surface area (Å²) in [6, 6.07) is 5.23. The minimum atomic E-state index is -1.43. The molecule has 0 aliphatic carbocycles. The highest BCUT2D eigenvalue weighted by atomic mass is 79.9. The van der Waals surface area contributed by atoms with Crippen LogP contribution in [0.25, 0.3) is 0 Å². The van der Waals surface area contributed by atoms with Crippen LogP contribution in [0.3, 0.4) is 0 Å². The molecule has 0 bridgehead atoms. The molecule has 7 heteroatoms. The average Bonchev–Trinajstić information content (AvgIpc) is 2.31. The third-order valence-corrected chi connectivity index (χ3v) is 4.19. The number of alkyl halides is 2. The smallest absolute Gasteiger partial charge is 0.335 e. The minimum Gasteiger partial charge on any atom is -0.479 e. The molecule has 1 unspecified atom stereocenters. The van der Waals surface area contributed by atoms with Gasteiger partial charge in [0.1, 0.15) is 0 Å². The Morgan fingerprint density at radius 3 is 2.47 bits per heavy atom. The molecule has 1 N–H and O–H groups in total. The van der Waals surface area contributed by atoms with Gasteiger partial charge in [0.05, 0.1) is 6.61 Å². The lowest BCUT2D eigenvalue weighted by Gasteiger charge is -2.14. The summed E-state index contributed by atoms with van der Waals surface area (Å²) >= 11 is 20.6. The van der Waals surface area contributed by atoms with Gasteiger partial charge in [0.15, 0.2) is 3.78 Å². The fourth-order valence-corrected chi connectivity index (χ4v) is 2.27. The number of carbonyl (C=O) groups is 1. The molecular weight excluding hydrogens is 378 g/mol. The molecule has 0 aromatic heterocycles. The van der Waals surface area contributed by atoms with E-state index in [0.29, 0.717) is 23.1 Å². The summed E-state index contributed by atoms with van der Waals surface area (Å²) < 4.78 is 3.98. The Labute approximate surface area is 134 Å². The number of ether oxygens (including phenoxy) is 1. The maximum absolute atomic E-state index is 10.7. The molecule has 106 valence electrons. The van der Waals surface area contributed by atoms with Gasteiger partial charge in [-0.05, 0) is 25.0 Å². The maximum atomic E-state index is 10.7. The fourth-order valence-electron chi connectivity index (χ4n) is 1.35. The van der Waals surface area contributed by atoms with Crippen molar-refractivity contribution in [3.63, 3.8) is 0 Å². The van der Waals surface area contributed by atoms with Crippen molar-refractivity contribution in [2.75, 3.05) is 6.61 Å². The van der Waals surface area contributed by atoms with E-state index in [4.69, 9.17) is 44.6 Å². The van der Waals surface area contributed by atoms with Gasteiger partial charge in [-0.3, -0.25) is 0 Å². The van der Waals surface area contributed by atoms with Crippen molar-refractivity contribution in [2.24, 2.45) is 0 Å². The zero-order chi connectivity index (χ0) is 14.5. The van der Waals surface area contributed by atoms with E-state index in [1.807, 2.05) is 0 Å². The lowest BCUT2D eigenvalue weighted by molar-refractivity contribution is -0.137. The lowest BCUT2D eigenvalue weighted by atomic mass is 10.2. The molecule has 19 heavy (non-hydrogen) atoms. The first-order chi connectivity index (χ1) is 8.84. The van der Waals surface area contributed by atoms with E-state index in [1.165, 1.54) is 0 Å². The van der Waals surface area contributed by atoms with Crippen LogP contribution in [0.2, 0.25) is 10.0 Å². The van der Waals surface area contributed by atoms with Crippen LogP contribution in [-0.2, 0) is 16.1 Å². The highest BCUT2D eigenvalue weighted by Gasteiger charge is 2.31. The third kappa shape index (κ3) is 5.48. The maximum Gasteiger partial charge on any atom is 0.335 e. The highest BCUT2D eigenvalue weighted by molar-refractivity contribution is 9.10. The van der Waals surface area contributed by atoms with Gasteiger partial charge < -0.3 is 9.84 Å². The Morgan fingerprint density at radius 1 is 1.37 bits per heavy atom. The summed E-state index contributed by atoms with van der Waals surface area (Å²) in [6.07, 6.45) is 0.753. The third-order valence-electron chi connectivity index (χ3n) is 2.40. The molecule has 1 aromatic carbocycles. The van der Waals surface area contributed by atoms with Crippen molar-refractivity contribution >= 4 is 56.7 Å². The number of benzene rings is 1. The molecule has 0 amide bonds. The van der Waals surface area contributed by atoms with Crippen LogP contribution in [0.15, 0.2) is 18.2 Å². The zero-order valence-electron chi connectivity index (χ0n) is 9.84. The van der Waals surface area contributed by atoms with Crippen LogP contribution in [0.5, 0.6) is 0 Å². The predicted molar refractivity (Wildman–Crippen MR) is 80.5 cm³/mol. The largest absolute Gasteiger partial charge is 0.479 e. The van der Waals surface area contributed by atoms with Crippen molar-refractivity contribution in [2.45, 2.75) is 23.2 Å². The molecule has 1 rings (SSSR count). The molecule has 0 saturated heterocycles. The molecule has 0 heterocycles. The number of aliphatic carboxylic acids is 1. The normalized spacial score (nSPS) is 14.1. The van der Waals surface area contributed by atoms with Crippen molar-refractivity contribution in [3.05, 3.63) is 33.8 Å². The van der Waals surface area contributed by atoms with Gasteiger partial charge in [-0.25, -0.2) is 4.79 Å². The Hall–Kier alpha value is -0.000000000000000167. The average molecular weight is 390 g/mol. The van der Waals surface area contributed by atoms with E-state index in [9.17, 15) is 4.79 Å². The Balaban J connectivity index is 2.34. The van der Waals surface area contributed by atoms with Crippen molar-refractivity contribution in [3.8, 4) is 0 Å². The van der Waals surface area contributed by atoms with Crippen molar-refractivity contribution in [1.29, 1.82) is 0 Å². The SMILES string of the molecule is O=C(O)C(Cl)(Br)CCCOCc1c(Cl)cccc1Cl. The number of hydrogen-bond acceptors (Lipinski definition) is 2. The Bertz CT molecular complexity index is 432. The quantitative estimate of drug-likeness (QED) is 0.542. The molecule has 0 spiro atoms. The number of halogens is 4. The summed E-state index contributed by atoms with van der Waals surface area (Å²) in [5.41, 5.74) is 0.722. The van der Waals surface area contributed by atoms with E-state index in [1.54, 1.807) is 18.2 Å². The van der Waals surface area contributed by atoms with Gasteiger partial charge in [0, 0.05) is 22.2 Å². The molecule has 0 aliphatic rings. The summed E-state index contributed by atoms with van der Waals surface area (Å²) in [5, 5.41) is 9.89. The van der Waals surface area contributed by atoms with Crippen LogP contribution in [0.4, 0.5) is 0 Å². The lowest BCUT2D eigenvalue weighted by Crippen LogP contribution is -2.25. The van der Waals surface area contributed by atoms with Crippen LogP contribution in [0, 0.1) is 0 Å². The Kier molecular flexibility index (Phi) is 6.91. The summed E-state index contributed by atoms with van der Waals surface area (Å²) in [4.78, 5) is 10.7. The molecule has 1 aromatic rings. The molecule has 0 radical (unpaired) electrons. The number of hydrogen-bond donors (Lipinski definition) is 1. The van der Waals surface area contributed by atoms with Crippen molar-refractivity contribution in [1.82, 2.24) is 0 Å². The summed E-state index contributed by atoms with van der Waals surface area (Å²) in [5.74, 6) is -1.11. The monoisotopic (exact) mass is 388 g/mol. The van der Waals surface area contributed by atoms with Gasteiger partial charge in [-0.1, -0.05) is 56.8 Å². The van der Waals surface area contributed by atoms with Crippen LogP contribution >= 0.6 is 50.7 Å². The van der Waals surface area contributed by atoms with Crippen molar-refractivity contribution < 1.29 is 14.6 Å².